The third-order valence-electron chi connectivity index (χ3n) is 13.0. The van der Waals surface area contributed by atoms with Crippen molar-refractivity contribution in [2.75, 3.05) is 16.8 Å². The highest BCUT2D eigenvalue weighted by atomic mass is 16.5. The van der Waals surface area contributed by atoms with Gasteiger partial charge < -0.3 is 14.5 Å². The van der Waals surface area contributed by atoms with Gasteiger partial charge in [-0.25, -0.2) is 4.98 Å². The fourth-order valence-electron chi connectivity index (χ4n) is 10.9. The maximum absolute atomic E-state index is 6.66. The maximum Gasteiger partial charge on any atom is 0.212 e. The van der Waals surface area contributed by atoms with Crippen molar-refractivity contribution in [3.05, 3.63) is 227 Å². The van der Waals surface area contributed by atoms with Crippen LogP contribution in [0.4, 0.5) is 23.0 Å². The first-order chi connectivity index (χ1) is 28.2. The lowest BCUT2D eigenvalue weighted by molar-refractivity contribution is 0.434. The van der Waals surface area contributed by atoms with Crippen LogP contribution in [-0.4, -0.2) is 16.6 Å². The summed E-state index contributed by atoms with van der Waals surface area (Å²) in [6.45, 7) is 0. The normalized spacial score (nSPS) is 15.5. The fraction of sp³-hybridized carbons (Fsp3) is 0.0577. The van der Waals surface area contributed by atoms with Crippen molar-refractivity contribution in [2.45, 2.75) is 11.0 Å². The molecule has 5 nitrogen and oxygen atoms in total. The van der Waals surface area contributed by atoms with Gasteiger partial charge in [-0.3, -0.25) is 4.57 Å². The minimum atomic E-state index is -0.634. The smallest absolute Gasteiger partial charge is 0.212 e. The van der Waals surface area contributed by atoms with Crippen molar-refractivity contribution in [1.82, 2.24) is 9.55 Å². The summed E-state index contributed by atoms with van der Waals surface area (Å²) in [5, 5.41) is 0. The average molecular weight is 731 g/mol. The number of fused-ring (bicyclic) bond motifs is 19. The Morgan fingerprint density at radius 3 is 1.60 bits per heavy atom. The Morgan fingerprint density at radius 2 is 0.965 bits per heavy atom. The zero-order valence-electron chi connectivity index (χ0n) is 31.1. The van der Waals surface area contributed by atoms with Gasteiger partial charge in [0, 0.05) is 29.4 Å². The number of anilines is 4. The number of benzene rings is 8. The Morgan fingerprint density at radius 1 is 0.456 bits per heavy atom. The fourth-order valence-corrected chi connectivity index (χ4v) is 10.9. The highest BCUT2D eigenvalue weighted by Crippen LogP contribution is 2.64. The third kappa shape index (κ3) is 3.63. The molecule has 8 aromatic carbocycles. The van der Waals surface area contributed by atoms with Gasteiger partial charge in [0.05, 0.1) is 33.5 Å². The Hall–Kier alpha value is -7.37. The number of hydrogen-bond donors (Lipinski definition) is 0. The SMILES string of the molecule is CN1c2nc3ccccc3n2-c2ccc(N3c4ccccc4C4(c5ccccc5Oc5ccccc54)c4ccccc43)cc2C12c1ccccc1-c1ccccc12. The largest absolute Gasteiger partial charge is 0.457 e. The zero-order valence-corrected chi connectivity index (χ0v) is 31.1. The molecule has 0 unspecified atom stereocenters. The molecule has 0 bridgehead atoms. The molecule has 0 saturated carbocycles. The first-order valence-corrected chi connectivity index (χ1v) is 19.6. The predicted molar refractivity (Wildman–Crippen MR) is 228 cm³/mol. The van der Waals surface area contributed by atoms with Gasteiger partial charge in [0.25, 0.3) is 0 Å². The standard InChI is InChI=1S/C52H34N4O/c1-54-50-53-43-24-10-13-27-47(43)56(50)46-31-30-33(32-42(46)52(54)36-18-4-2-16-34(36)35-17-3-5-19-37(35)52)55-44-25-11-6-20-38(44)51(39-21-7-12-26-45(39)55)40-22-8-14-28-48(40)57-49-29-15-9-23-41(49)51/h2-32H,1H3. The molecule has 4 aliphatic rings. The van der Waals surface area contributed by atoms with Gasteiger partial charge in [0.15, 0.2) is 0 Å². The summed E-state index contributed by atoms with van der Waals surface area (Å²) in [5.41, 5.74) is 16.3. The molecule has 1 aliphatic carbocycles. The lowest BCUT2D eigenvalue weighted by Crippen LogP contribution is -2.49. The first kappa shape index (κ1) is 30.9. The van der Waals surface area contributed by atoms with Gasteiger partial charge in [-0.2, -0.15) is 0 Å². The Kier molecular flexibility index (Phi) is 5.91. The summed E-state index contributed by atoms with van der Waals surface area (Å²) in [6, 6.07) is 68.5. The molecule has 9 aromatic rings. The summed E-state index contributed by atoms with van der Waals surface area (Å²) in [4.78, 5) is 10.2. The molecular weight excluding hydrogens is 697 g/mol. The molecule has 0 saturated heterocycles. The Balaban J connectivity index is 1.13. The summed E-state index contributed by atoms with van der Waals surface area (Å²) < 4.78 is 9.01. The number of imidazole rings is 1. The molecule has 2 spiro atoms. The van der Waals surface area contributed by atoms with E-state index in [1.165, 1.54) is 38.9 Å². The van der Waals surface area contributed by atoms with E-state index in [-0.39, 0.29) is 0 Å². The van der Waals surface area contributed by atoms with E-state index in [1.54, 1.807) is 0 Å². The molecule has 0 fully saturated rings. The molecule has 0 radical (unpaired) electrons. The number of rotatable bonds is 1. The summed E-state index contributed by atoms with van der Waals surface area (Å²) in [5.74, 6) is 2.69. The highest BCUT2D eigenvalue weighted by Gasteiger charge is 2.54. The number of nitrogens with zero attached hydrogens (tertiary/aromatic N) is 4. The van der Waals surface area contributed by atoms with E-state index in [0.717, 1.165) is 62.4 Å². The second-order valence-corrected chi connectivity index (χ2v) is 15.5. The van der Waals surface area contributed by atoms with Crippen LogP contribution in [0.3, 0.4) is 0 Å². The number of ether oxygens (including phenoxy) is 1. The third-order valence-corrected chi connectivity index (χ3v) is 13.0. The molecule has 268 valence electrons. The van der Waals surface area contributed by atoms with Gasteiger partial charge in [0.2, 0.25) is 5.95 Å². The molecule has 4 heterocycles. The van der Waals surface area contributed by atoms with Crippen LogP contribution in [0.2, 0.25) is 0 Å². The van der Waals surface area contributed by atoms with Gasteiger partial charge in [-0.1, -0.05) is 133 Å². The van der Waals surface area contributed by atoms with Crippen molar-refractivity contribution in [1.29, 1.82) is 0 Å². The van der Waals surface area contributed by atoms with Crippen LogP contribution in [0.1, 0.15) is 38.9 Å². The average Bonchev–Trinajstić information content (AvgIpc) is 3.81. The quantitative estimate of drug-likeness (QED) is 0.168. The maximum atomic E-state index is 6.66. The molecule has 5 heteroatoms. The van der Waals surface area contributed by atoms with Gasteiger partial charge in [-0.05, 0) is 88.0 Å². The molecule has 0 N–H and O–H groups in total. The van der Waals surface area contributed by atoms with E-state index in [4.69, 9.17) is 9.72 Å². The predicted octanol–water partition coefficient (Wildman–Crippen LogP) is 12.0. The monoisotopic (exact) mass is 730 g/mol. The minimum Gasteiger partial charge on any atom is -0.457 e. The van der Waals surface area contributed by atoms with Crippen LogP contribution in [-0.2, 0) is 11.0 Å². The molecule has 3 aliphatic heterocycles. The van der Waals surface area contributed by atoms with E-state index in [9.17, 15) is 0 Å². The molecule has 0 atom stereocenters. The number of para-hydroxylation sites is 6. The van der Waals surface area contributed by atoms with Gasteiger partial charge in [0.1, 0.15) is 17.0 Å². The van der Waals surface area contributed by atoms with Crippen LogP contribution in [0.5, 0.6) is 11.5 Å². The van der Waals surface area contributed by atoms with Crippen molar-refractivity contribution in [3.63, 3.8) is 0 Å². The Labute approximate surface area is 330 Å². The second-order valence-electron chi connectivity index (χ2n) is 15.5. The van der Waals surface area contributed by atoms with E-state index in [2.05, 4.69) is 209 Å². The number of hydrogen-bond acceptors (Lipinski definition) is 4. The van der Waals surface area contributed by atoms with Crippen LogP contribution in [0.15, 0.2) is 188 Å². The topological polar surface area (TPSA) is 33.5 Å². The van der Waals surface area contributed by atoms with Crippen LogP contribution in [0.25, 0.3) is 27.8 Å². The van der Waals surface area contributed by atoms with Crippen molar-refractivity contribution >= 4 is 34.0 Å². The summed E-state index contributed by atoms with van der Waals surface area (Å²) in [6.07, 6.45) is 0. The molecule has 1 aromatic heterocycles. The van der Waals surface area contributed by atoms with E-state index < -0.39 is 11.0 Å². The van der Waals surface area contributed by atoms with E-state index in [0.29, 0.717) is 0 Å². The van der Waals surface area contributed by atoms with E-state index in [1.807, 2.05) is 0 Å². The summed E-state index contributed by atoms with van der Waals surface area (Å²) in [7, 11) is 2.22. The molecule has 13 rings (SSSR count). The lowest BCUT2D eigenvalue weighted by atomic mass is 9.61. The molecule has 57 heavy (non-hydrogen) atoms. The minimum absolute atomic E-state index is 0.598. The van der Waals surface area contributed by atoms with Crippen molar-refractivity contribution in [3.8, 4) is 28.3 Å². The Bertz CT molecular complexity index is 3040. The first-order valence-electron chi connectivity index (χ1n) is 19.6. The lowest BCUT2D eigenvalue weighted by Gasteiger charge is -2.49. The summed E-state index contributed by atoms with van der Waals surface area (Å²) >= 11 is 0. The zero-order chi connectivity index (χ0) is 37.5. The van der Waals surface area contributed by atoms with E-state index >= 15 is 0 Å². The van der Waals surface area contributed by atoms with Crippen LogP contribution < -0.4 is 14.5 Å². The second kappa shape index (κ2) is 10.9. The van der Waals surface area contributed by atoms with Gasteiger partial charge in [-0.15, -0.1) is 0 Å². The highest BCUT2D eigenvalue weighted by molar-refractivity contribution is 5.95. The van der Waals surface area contributed by atoms with Gasteiger partial charge >= 0.3 is 0 Å². The van der Waals surface area contributed by atoms with Crippen LogP contribution in [0, 0.1) is 0 Å². The molecule has 0 amide bonds. The van der Waals surface area contributed by atoms with Crippen molar-refractivity contribution in [2.24, 2.45) is 0 Å². The van der Waals surface area contributed by atoms with Crippen molar-refractivity contribution < 1.29 is 4.74 Å². The molecular formula is C52H34N4O. The van der Waals surface area contributed by atoms with Crippen LogP contribution >= 0.6 is 0 Å². The number of aromatic nitrogens is 2.